The van der Waals surface area contributed by atoms with Gasteiger partial charge in [0.1, 0.15) is 11.3 Å². The molecule has 0 aliphatic carbocycles. The van der Waals surface area contributed by atoms with Crippen LogP contribution in [0.2, 0.25) is 0 Å². The first-order valence-corrected chi connectivity index (χ1v) is 7.08. The highest BCUT2D eigenvalue weighted by atomic mass is 35.5. The minimum Gasteiger partial charge on any atom is -0.308 e. The SMILES string of the molecule is Cc1ccnc2c1nc(CCCl)n2Cc1cccnc1. The van der Waals surface area contributed by atoms with Gasteiger partial charge < -0.3 is 4.57 Å². The van der Waals surface area contributed by atoms with Crippen LogP contribution in [0.1, 0.15) is 17.0 Å². The number of imidazole rings is 1. The Morgan fingerprint density at radius 3 is 2.90 bits per heavy atom. The molecule has 0 amide bonds. The average molecular weight is 287 g/mol. The highest BCUT2D eigenvalue weighted by Gasteiger charge is 2.13. The van der Waals surface area contributed by atoms with Crippen molar-refractivity contribution < 1.29 is 0 Å². The molecule has 3 heterocycles. The summed E-state index contributed by atoms with van der Waals surface area (Å²) in [6.45, 7) is 2.77. The summed E-state index contributed by atoms with van der Waals surface area (Å²) < 4.78 is 2.13. The number of halogens is 1. The highest BCUT2D eigenvalue weighted by molar-refractivity contribution is 6.17. The molecule has 3 aromatic rings. The summed E-state index contributed by atoms with van der Waals surface area (Å²) in [6.07, 6.45) is 6.20. The molecule has 0 aromatic carbocycles. The Hall–Kier alpha value is -1.94. The van der Waals surface area contributed by atoms with Crippen molar-refractivity contribution >= 4 is 22.8 Å². The summed E-state index contributed by atoms with van der Waals surface area (Å²) in [6, 6.07) is 5.97. The van der Waals surface area contributed by atoms with Gasteiger partial charge in [0.15, 0.2) is 5.65 Å². The zero-order chi connectivity index (χ0) is 13.9. The van der Waals surface area contributed by atoms with Crippen molar-refractivity contribution in [1.82, 2.24) is 19.5 Å². The molecule has 20 heavy (non-hydrogen) atoms. The van der Waals surface area contributed by atoms with E-state index in [4.69, 9.17) is 16.6 Å². The molecule has 0 bridgehead atoms. The quantitative estimate of drug-likeness (QED) is 0.693. The minimum absolute atomic E-state index is 0.551. The van der Waals surface area contributed by atoms with Gasteiger partial charge in [-0.25, -0.2) is 9.97 Å². The van der Waals surface area contributed by atoms with Crippen molar-refractivity contribution in [2.24, 2.45) is 0 Å². The third-order valence-electron chi connectivity index (χ3n) is 3.30. The van der Waals surface area contributed by atoms with Crippen molar-refractivity contribution in [3.05, 3.63) is 53.7 Å². The molecular formula is C15H15ClN4. The number of fused-ring (bicyclic) bond motifs is 1. The van der Waals surface area contributed by atoms with Crippen LogP contribution in [-0.4, -0.2) is 25.4 Å². The third kappa shape index (κ3) is 2.39. The molecule has 0 atom stereocenters. The normalized spacial score (nSPS) is 11.1. The molecule has 0 spiro atoms. The smallest absolute Gasteiger partial charge is 0.160 e. The predicted octanol–water partition coefficient (Wildman–Crippen LogP) is 2.96. The topological polar surface area (TPSA) is 43.6 Å². The zero-order valence-electron chi connectivity index (χ0n) is 11.3. The molecule has 0 aliphatic rings. The molecule has 0 radical (unpaired) electrons. The number of rotatable bonds is 4. The fourth-order valence-corrected chi connectivity index (χ4v) is 2.47. The van der Waals surface area contributed by atoms with Crippen LogP contribution in [0.4, 0.5) is 0 Å². The van der Waals surface area contributed by atoms with E-state index in [1.165, 1.54) is 0 Å². The van der Waals surface area contributed by atoms with Gasteiger partial charge in [-0.3, -0.25) is 4.98 Å². The second-order valence-electron chi connectivity index (χ2n) is 4.71. The second-order valence-corrected chi connectivity index (χ2v) is 5.09. The largest absolute Gasteiger partial charge is 0.308 e. The maximum absolute atomic E-state index is 5.89. The Kier molecular flexibility index (Phi) is 3.65. The molecule has 0 fully saturated rings. The molecule has 102 valence electrons. The van der Waals surface area contributed by atoms with Crippen LogP contribution in [-0.2, 0) is 13.0 Å². The molecule has 0 aliphatic heterocycles. The Balaban J connectivity index is 2.12. The number of hydrogen-bond donors (Lipinski definition) is 0. The molecule has 0 N–H and O–H groups in total. The van der Waals surface area contributed by atoms with Gasteiger partial charge in [0.2, 0.25) is 0 Å². The van der Waals surface area contributed by atoms with Crippen LogP contribution in [0.3, 0.4) is 0 Å². The van der Waals surface area contributed by atoms with E-state index < -0.39 is 0 Å². The maximum atomic E-state index is 5.89. The Labute approximate surface area is 122 Å². The van der Waals surface area contributed by atoms with Crippen molar-refractivity contribution in [1.29, 1.82) is 0 Å². The van der Waals surface area contributed by atoms with Gasteiger partial charge in [0.05, 0.1) is 6.54 Å². The summed E-state index contributed by atoms with van der Waals surface area (Å²) in [5.74, 6) is 1.52. The van der Waals surface area contributed by atoms with E-state index in [0.29, 0.717) is 12.4 Å². The van der Waals surface area contributed by atoms with Gasteiger partial charge in [0, 0.05) is 30.9 Å². The van der Waals surface area contributed by atoms with Crippen molar-refractivity contribution in [2.75, 3.05) is 5.88 Å². The van der Waals surface area contributed by atoms with Crippen LogP contribution >= 0.6 is 11.6 Å². The minimum atomic E-state index is 0.551. The van der Waals surface area contributed by atoms with E-state index in [2.05, 4.69) is 27.5 Å². The lowest BCUT2D eigenvalue weighted by Gasteiger charge is -2.07. The Morgan fingerprint density at radius 2 is 2.15 bits per heavy atom. The summed E-state index contributed by atoms with van der Waals surface area (Å²) in [7, 11) is 0. The average Bonchev–Trinajstić information content (AvgIpc) is 2.81. The molecule has 3 aromatic heterocycles. The molecular weight excluding hydrogens is 272 g/mol. The van der Waals surface area contributed by atoms with Crippen LogP contribution < -0.4 is 0 Å². The fraction of sp³-hybridized carbons (Fsp3) is 0.267. The van der Waals surface area contributed by atoms with Gasteiger partial charge in [0.25, 0.3) is 0 Å². The van der Waals surface area contributed by atoms with Crippen LogP contribution in [0.15, 0.2) is 36.8 Å². The third-order valence-corrected chi connectivity index (χ3v) is 3.49. The molecule has 0 saturated carbocycles. The number of pyridine rings is 2. The first kappa shape index (κ1) is 13.1. The monoisotopic (exact) mass is 286 g/mol. The molecule has 3 rings (SSSR count). The summed E-state index contributed by atoms with van der Waals surface area (Å²) in [5, 5.41) is 0. The van der Waals surface area contributed by atoms with E-state index in [1.54, 1.807) is 6.20 Å². The Morgan fingerprint density at radius 1 is 1.25 bits per heavy atom. The maximum Gasteiger partial charge on any atom is 0.160 e. The zero-order valence-corrected chi connectivity index (χ0v) is 12.0. The molecule has 5 heteroatoms. The van der Waals surface area contributed by atoms with Crippen molar-refractivity contribution in [2.45, 2.75) is 19.9 Å². The van der Waals surface area contributed by atoms with Gasteiger partial charge in [-0.15, -0.1) is 11.6 Å². The lowest BCUT2D eigenvalue weighted by molar-refractivity contribution is 0.745. The van der Waals surface area contributed by atoms with E-state index in [9.17, 15) is 0 Å². The molecule has 0 unspecified atom stereocenters. The highest BCUT2D eigenvalue weighted by Crippen LogP contribution is 2.19. The van der Waals surface area contributed by atoms with Crippen LogP contribution in [0.25, 0.3) is 11.2 Å². The van der Waals surface area contributed by atoms with E-state index in [-0.39, 0.29) is 0 Å². The van der Waals surface area contributed by atoms with Crippen molar-refractivity contribution in [3.8, 4) is 0 Å². The summed E-state index contributed by atoms with van der Waals surface area (Å²) in [5.41, 5.74) is 4.13. The first-order chi connectivity index (χ1) is 9.79. The van der Waals surface area contributed by atoms with Gasteiger partial charge in [-0.05, 0) is 30.2 Å². The molecule has 0 saturated heterocycles. The van der Waals surface area contributed by atoms with Crippen molar-refractivity contribution in [3.63, 3.8) is 0 Å². The van der Waals surface area contributed by atoms with E-state index in [0.717, 1.165) is 34.5 Å². The van der Waals surface area contributed by atoms with Gasteiger partial charge in [-0.1, -0.05) is 6.07 Å². The number of alkyl halides is 1. The van der Waals surface area contributed by atoms with Crippen LogP contribution in [0, 0.1) is 6.92 Å². The molecule has 4 nitrogen and oxygen atoms in total. The lowest BCUT2D eigenvalue weighted by atomic mass is 10.2. The lowest BCUT2D eigenvalue weighted by Crippen LogP contribution is -2.06. The predicted molar refractivity (Wildman–Crippen MR) is 80.0 cm³/mol. The number of nitrogens with zero attached hydrogens (tertiary/aromatic N) is 4. The first-order valence-electron chi connectivity index (χ1n) is 6.55. The Bertz CT molecular complexity index is 721. The van der Waals surface area contributed by atoms with Gasteiger partial charge in [-0.2, -0.15) is 0 Å². The number of aryl methyl sites for hydroxylation is 2. The van der Waals surface area contributed by atoms with E-state index >= 15 is 0 Å². The van der Waals surface area contributed by atoms with Crippen LogP contribution in [0.5, 0.6) is 0 Å². The van der Waals surface area contributed by atoms with Gasteiger partial charge >= 0.3 is 0 Å². The summed E-state index contributed by atoms with van der Waals surface area (Å²) >= 11 is 5.89. The number of aromatic nitrogens is 4. The van der Waals surface area contributed by atoms with E-state index in [1.807, 2.05) is 24.5 Å². The summed E-state index contributed by atoms with van der Waals surface area (Å²) in [4.78, 5) is 13.3. The fourth-order valence-electron chi connectivity index (χ4n) is 2.30. The number of hydrogen-bond acceptors (Lipinski definition) is 3. The standard InChI is InChI=1S/C15H15ClN4/c1-11-5-8-18-15-14(11)19-13(4-6-16)20(15)10-12-3-2-7-17-9-12/h2-3,5,7-9H,4,6,10H2,1H3. The second kappa shape index (κ2) is 5.59.